The molecule has 1 N–H and O–H groups in total. The minimum atomic E-state index is -0.239. The van der Waals surface area contributed by atoms with Crippen LogP contribution in [0.4, 0.5) is 5.69 Å². The van der Waals surface area contributed by atoms with Crippen molar-refractivity contribution in [2.24, 2.45) is 5.92 Å². The summed E-state index contributed by atoms with van der Waals surface area (Å²) in [6.45, 7) is 8.44. The predicted molar refractivity (Wildman–Crippen MR) is 113 cm³/mol. The minimum absolute atomic E-state index is 0.0201. The number of aryl methyl sites for hydroxylation is 2. The van der Waals surface area contributed by atoms with Crippen molar-refractivity contribution in [2.45, 2.75) is 59.4 Å². The molecule has 1 unspecified atom stereocenters. The predicted octanol–water partition coefficient (Wildman–Crippen LogP) is 3.96. The molecule has 29 heavy (non-hydrogen) atoms. The van der Waals surface area contributed by atoms with Gasteiger partial charge >= 0.3 is 0 Å². The molecule has 1 fully saturated rings. The lowest BCUT2D eigenvalue weighted by molar-refractivity contribution is 0.0676. The van der Waals surface area contributed by atoms with E-state index in [9.17, 15) is 9.59 Å². The Morgan fingerprint density at radius 3 is 2.59 bits per heavy atom. The monoisotopic (exact) mass is 394 g/mol. The molecular weight excluding hydrogens is 364 g/mol. The largest absolute Gasteiger partial charge is 0.337 e. The highest BCUT2D eigenvalue weighted by molar-refractivity contribution is 6.04. The maximum absolute atomic E-state index is 13.2. The molecule has 154 valence electrons. The second-order valence-electron chi connectivity index (χ2n) is 8.56. The summed E-state index contributed by atoms with van der Waals surface area (Å²) >= 11 is 0. The number of fused-ring (bicyclic) bond motifs is 1. The van der Waals surface area contributed by atoms with Gasteiger partial charge in [0, 0.05) is 25.3 Å². The van der Waals surface area contributed by atoms with Gasteiger partial charge in [-0.15, -0.1) is 0 Å². The zero-order valence-electron chi connectivity index (χ0n) is 17.6. The fourth-order valence-electron chi connectivity index (χ4n) is 4.59. The molecule has 4 rings (SSSR count). The summed E-state index contributed by atoms with van der Waals surface area (Å²) in [4.78, 5) is 32.9. The molecule has 2 aromatic rings. The minimum Gasteiger partial charge on any atom is -0.337 e. The van der Waals surface area contributed by atoms with E-state index in [-0.39, 0.29) is 11.8 Å². The van der Waals surface area contributed by atoms with E-state index < -0.39 is 0 Å². The van der Waals surface area contributed by atoms with Crippen LogP contribution in [-0.4, -0.2) is 39.4 Å². The molecule has 1 saturated heterocycles. The summed E-state index contributed by atoms with van der Waals surface area (Å²) < 4.78 is 1.97. The third-order valence-electron chi connectivity index (χ3n) is 6.19. The Kier molecular flexibility index (Phi) is 5.43. The van der Waals surface area contributed by atoms with E-state index in [0.29, 0.717) is 17.4 Å². The molecule has 6 nitrogen and oxygen atoms in total. The Hall–Kier alpha value is -2.63. The number of carbonyl (C=O) groups is 2. The van der Waals surface area contributed by atoms with Crippen molar-refractivity contribution in [1.29, 1.82) is 0 Å². The summed E-state index contributed by atoms with van der Waals surface area (Å²) in [6, 6.07) is 5.94. The second-order valence-corrected chi connectivity index (χ2v) is 8.56. The van der Waals surface area contributed by atoms with Gasteiger partial charge in [0.2, 0.25) is 0 Å². The van der Waals surface area contributed by atoms with E-state index in [1.54, 1.807) is 0 Å². The number of amides is 2. The second kappa shape index (κ2) is 8.01. The van der Waals surface area contributed by atoms with Gasteiger partial charge in [0.1, 0.15) is 5.69 Å². The number of carbonyl (C=O) groups excluding carboxylic acids is 2. The molecule has 1 atom stereocenters. The van der Waals surface area contributed by atoms with E-state index in [1.165, 1.54) is 0 Å². The Morgan fingerprint density at radius 2 is 1.86 bits per heavy atom. The number of imidazole rings is 1. The van der Waals surface area contributed by atoms with E-state index in [2.05, 4.69) is 17.2 Å². The molecular formula is C23H30N4O2. The zero-order valence-corrected chi connectivity index (χ0v) is 17.6. The number of nitrogens with one attached hydrogen (secondary N) is 1. The van der Waals surface area contributed by atoms with Crippen LogP contribution in [0.1, 0.15) is 70.5 Å². The van der Waals surface area contributed by atoms with E-state index in [0.717, 1.165) is 74.2 Å². The Morgan fingerprint density at radius 1 is 1.10 bits per heavy atom. The third kappa shape index (κ3) is 3.80. The smallest absolute Gasteiger partial charge is 0.291 e. The van der Waals surface area contributed by atoms with Crippen LogP contribution in [-0.2, 0) is 13.0 Å². The quantitative estimate of drug-likeness (QED) is 0.857. The highest BCUT2D eigenvalue weighted by Gasteiger charge is 2.31. The maximum atomic E-state index is 13.2. The van der Waals surface area contributed by atoms with Crippen molar-refractivity contribution in [3.63, 3.8) is 0 Å². The first-order valence-electron chi connectivity index (χ1n) is 10.7. The molecule has 0 aliphatic carbocycles. The van der Waals surface area contributed by atoms with Crippen molar-refractivity contribution in [3.8, 4) is 0 Å². The van der Waals surface area contributed by atoms with Crippen LogP contribution in [0.3, 0.4) is 0 Å². The average Bonchev–Trinajstić information content (AvgIpc) is 3.10. The van der Waals surface area contributed by atoms with Crippen LogP contribution >= 0.6 is 0 Å². The van der Waals surface area contributed by atoms with Crippen molar-refractivity contribution >= 4 is 17.5 Å². The lowest BCUT2D eigenvalue weighted by Gasteiger charge is -2.30. The van der Waals surface area contributed by atoms with Gasteiger partial charge in [0.25, 0.3) is 11.8 Å². The van der Waals surface area contributed by atoms with Gasteiger partial charge in [0.05, 0.1) is 5.69 Å². The number of aromatic nitrogens is 2. The lowest BCUT2D eigenvalue weighted by atomic mass is 9.99. The van der Waals surface area contributed by atoms with Crippen LogP contribution in [0, 0.1) is 19.8 Å². The number of piperidine rings is 1. The lowest BCUT2D eigenvalue weighted by Crippen LogP contribution is -2.39. The number of para-hydroxylation sites is 1. The molecule has 3 heterocycles. The molecule has 0 radical (unpaired) electrons. The van der Waals surface area contributed by atoms with Gasteiger partial charge in [-0.25, -0.2) is 4.98 Å². The molecule has 0 saturated carbocycles. The number of benzene rings is 1. The Bertz CT molecular complexity index is 926. The van der Waals surface area contributed by atoms with E-state index in [4.69, 9.17) is 0 Å². The molecule has 1 aromatic heterocycles. The average molecular weight is 395 g/mol. The number of nitrogens with zero attached hydrogens (tertiary/aromatic N) is 3. The van der Waals surface area contributed by atoms with Crippen LogP contribution in [0.15, 0.2) is 18.2 Å². The SMILES string of the molecule is Cc1cccc(C)c1NC(=O)c1nc(C(=O)N2CCCC(C)C2)c2n1CCCC2. The Balaban J connectivity index is 1.66. The Labute approximate surface area is 172 Å². The first-order valence-corrected chi connectivity index (χ1v) is 10.7. The number of hydrogen-bond acceptors (Lipinski definition) is 3. The van der Waals surface area contributed by atoms with Crippen molar-refractivity contribution < 1.29 is 9.59 Å². The van der Waals surface area contributed by atoms with Gasteiger partial charge in [0.15, 0.2) is 5.82 Å². The standard InChI is InChI=1S/C23H30N4O2/c1-15-8-7-12-26(14-15)23(29)20-18-11-4-5-13-27(18)21(24-20)22(28)25-19-16(2)9-6-10-17(19)3/h6,9-10,15H,4-5,7-8,11-14H2,1-3H3,(H,25,28). The van der Waals surface area contributed by atoms with Gasteiger partial charge in [-0.05, 0) is 63.0 Å². The topological polar surface area (TPSA) is 67.2 Å². The van der Waals surface area contributed by atoms with E-state index >= 15 is 0 Å². The van der Waals surface area contributed by atoms with Crippen molar-refractivity contribution in [2.75, 3.05) is 18.4 Å². The highest BCUT2D eigenvalue weighted by atomic mass is 16.2. The molecule has 0 bridgehead atoms. The first kappa shape index (κ1) is 19.7. The molecule has 0 spiro atoms. The highest BCUT2D eigenvalue weighted by Crippen LogP contribution is 2.26. The number of hydrogen-bond donors (Lipinski definition) is 1. The van der Waals surface area contributed by atoms with Gasteiger partial charge < -0.3 is 14.8 Å². The molecule has 2 aliphatic rings. The number of anilines is 1. The normalized spacial score (nSPS) is 19.0. The van der Waals surface area contributed by atoms with Crippen molar-refractivity contribution in [3.05, 3.63) is 46.5 Å². The van der Waals surface area contributed by atoms with Gasteiger partial charge in [-0.1, -0.05) is 25.1 Å². The summed E-state index contributed by atoms with van der Waals surface area (Å²) in [5, 5.41) is 3.04. The summed E-state index contributed by atoms with van der Waals surface area (Å²) in [5.74, 6) is 0.610. The summed E-state index contributed by atoms with van der Waals surface area (Å²) in [5.41, 5.74) is 4.25. The van der Waals surface area contributed by atoms with Gasteiger partial charge in [-0.2, -0.15) is 0 Å². The van der Waals surface area contributed by atoms with Crippen LogP contribution in [0.2, 0.25) is 0 Å². The molecule has 1 aromatic carbocycles. The van der Waals surface area contributed by atoms with Crippen molar-refractivity contribution in [1.82, 2.24) is 14.5 Å². The number of likely N-dealkylation sites (tertiary alicyclic amines) is 1. The maximum Gasteiger partial charge on any atom is 0.291 e. The van der Waals surface area contributed by atoms with Crippen LogP contribution in [0.5, 0.6) is 0 Å². The molecule has 6 heteroatoms. The molecule has 2 amide bonds. The van der Waals surface area contributed by atoms with Crippen LogP contribution in [0.25, 0.3) is 0 Å². The first-order chi connectivity index (χ1) is 14.0. The zero-order chi connectivity index (χ0) is 20.5. The number of rotatable bonds is 3. The third-order valence-corrected chi connectivity index (χ3v) is 6.19. The summed E-state index contributed by atoms with van der Waals surface area (Å²) in [6.07, 6.45) is 5.02. The van der Waals surface area contributed by atoms with Gasteiger partial charge in [-0.3, -0.25) is 9.59 Å². The fourth-order valence-corrected chi connectivity index (χ4v) is 4.59. The van der Waals surface area contributed by atoms with E-state index in [1.807, 2.05) is 41.5 Å². The summed E-state index contributed by atoms with van der Waals surface area (Å²) in [7, 11) is 0. The molecule has 2 aliphatic heterocycles. The fraction of sp³-hybridized carbons (Fsp3) is 0.522. The van der Waals surface area contributed by atoms with Crippen LogP contribution < -0.4 is 5.32 Å².